The Bertz CT molecular complexity index is 1440. The van der Waals surface area contributed by atoms with E-state index in [9.17, 15) is 18.3 Å². The van der Waals surface area contributed by atoms with Crippen molar-refractivity contribution in [2.24, 2.45) is 0 Å². The van der Waals surface area contributed by atoms with Gasteiger partial charge in [-0.25, -0.2) is 13.4 Å². The maximum Gasteiger partial charge on any atom is 0.271 e. The number of fused-ring (bicyclic) bond motifs is 1. The molecule has 36 heavy (non-hydrogen) atoms. The topological polar surface area (TPSA) is 115 Å². The van der Waals surface area contributed by atoms with Crippen molar-refractivity contribution in [1.82, 2.24) is 14.2 Å². The molecule has 0 unspecified atom stereocenters. The van der Waals surface area contributed by atoms with Crippen LogP contribution in [0.15, 0.2) is 54.6 Å². The minimum Gasteiger partial charge on any atom is -0.396 e. The maximum atomic E-state index is 12.9. The van der Waals surface area contributed by atoms with Gasteiger partial charge < -0.3 is 10.0 Å². The van der Waals surface area contributed by atoms with Gasteiger partial charge >= 0.3 is 0 Å². The maximum absolute atomic E-state index is 12.9. The largest absolute Gasteiger partial charge is 0.396 e. The van der Waals surface area contributed by atoms with Crippen molar-refractivity contribution in [1.29, 1.82) is 5.26 Å². The molecule has 0 fully saturated rings. The summed E-state index contributed by atoms with van der Waals surface area (Å²) in [5.41, 5.74) is 5.30. The molecule has 0 bridgehead atoms. The molecular formula is C27H28N4O4S. The number of amides is 1. The van der Waals surface area contributed by atoms with Crippen molar-refractivity contribution < 1.29 is 18.3 Å². The normalized spacial score (nSPS) is 15.4. The van der Waals surface area contributed by atoms with Gasteiger partial charge in [-0.1, -0.05) is 30.3 Å². The van der Waals surface area contributed by atoms with Crippen molar-refractivity contribution in [3.8, 4) is 28.5 Å². The lowest BCUT2D eigenvalue weighted by atomic mass is 9.94. The van der Waals surface area contributed by atoms with E-state index in [0.717, 1.165) is 16.7 Å². The minimum absolute atomic E-state index is 0.0661. The van der Waals surface area contributed by atoms with Gasteiger partial charge in [-0.05, 0) is 54.3 Å². The molecule has 1 N–H and O–H groups in total. The first-order chi connectivity index (χ1) is 17.2. The van der Waals surface area contributed by atoms with Crippen LogP contribution >= 0.6 is 0 Å². The van der Waals surface area contributed by atoms with Crippen molar-refractivity contribution in [3.05, 3.63) is 77.0 Å². The summed E-state index contributed by atoms with van der Waals surface area (Å²) in [6.07, 6.45) is 0.219. The van der Waals surface area contributed by atoms with Crippen LogP contribution in [0, 0.1) is 11.3 Å². The second kappa shape index (κ2) is 10.2. The van der Waals surface area contributed by atoms with Crippen LogP contribution in [0.3, 0.4) is 0 Å². The first-order valence-corrected chi connectivity index (χ1v) is 13.3. The minimum atomic E-state index is -3.57. The van der Waals surface area contributed by atoms with E-state index >= 15 is 0 Å². The van der Waals surface area contributed by atoms with Crippen LogP contribution in [0.25, 0.3) is 22.4 Å². The summed E-state index contributed by atoms with van der Waals surface area (Å²) in [6, 6.07) is 18.1. The first kappa shape index (κ1) is 25.5. The summed E-state index contributed by atoms with van der Waals surface area (Å²) >= 11 is 0. The number of nitrogens with zero attached hydrogens (tertiary/aromatic N) is 4. The molecule has 8 nitrogen and oxygen atoms in total. The summed E-state index contributed by atoms with van der Waals surface area (Å²) in [6.45, 7) is 1.52. The van der Waals surface area contributed by atoms with Crippen molar-refractivity contribution >= 4 is 15.9 Å². The molecule has 2 aromatic carbocycles. The zero-order valence-electron chi connectivity index (χ0n) is 20.5. The van der Waals surface area contributed by atoms with Gasteiger partial charge in [0.25, 0.3) is 5.91 Å². The van der Waals surface area contributed by atoms with Crippen LogP contribution < -0.4 is 0 Å². The average Bonchev–Trinajstić information content (AvgIpc) is 3.27. The zero-order chi connectivity index (χ0) is 26.0. The fourth-order valence-electron chi connectivity index (χ4n) is 4.54. The van der Waals surface area contributed by atoms with Crippen molar-refractivity contribution in [3.63, 3.8) is 0 Å². The lowest BCUT2D eigenvalue weighted by Crippen LogP contribution is -2.31. The summed E-state index contributed by atoms with van der Waals surface area (Å²) in [7, 11) is -0.283. The third kappa shape index (κ3) is 4.75. The standard InChI is InChI=1S/C27H28N4O4S/c1-4-36(34,35)31-17-22-15-23(27(33)30(2)3)29-26(25(22)24(31)12-13-32)21-7-5-6-20(14-21)19-10-8-18(16-28)9-11-19/h5-11,14-15,24,32H,4,12-13,17H2,1-3H3/t24-/m0/s1. The molecule has 0 spiro atoms. The van der Waals surface area contributed by atoms with Gasteiger partial charge in [0.05, 0.1) is 29.1 Å². The van der Waals surface area contributed by atoms with Crippen molar-refractivity contribution in [2.45, 2.75) is 25.9 Å². The monoisotopic (exact) mass is 504 g/mol. The number of hydrogen-bond acceptors (Lipinski definition) is 6. The van der Waals surface area contributed by atoms with E-state index in [4.69, 9.17) is 10.2 Å². The Morgan fingerprint density at radius 3 is 2.44 bits per heavy atom. The summed E-state index contributed by atoms with van der Waals surface area (Å²) in [5.74, 6) is -0.346. The van der Waals surface area contributed by atoms with Gasteiger partial charge in [0, 0.05) is 38.4 Å². The zero-order valence-corrected chi connectivity index (χ0v) is 21.3. The Kier molecular flexibility index (Phi) is 7.22. The van der Waals surface area contributed by atoms with Gasteiger partial charge in [0.1, 0.15) is 5.69 Å². The van der Waals surface area contributed by atoms with E-state index in [1.54, 1.807) is 39.2 Å². The number of sulfonamides is 1. The molecule has 2 heterocycles. The number of carbonyl (C=O) groups is 1. The highest BCUT2D eigenvalue weighted by molar-refractivity contribution is 7.89. The number of aromatic nitrogens is 1. The van der Waals surface area contributed by atoms with E-state index in [1.807, 2.05) is 36.4 Å². The molecule has 0 aliphatic carbocycles. The number of rotatable bonds is 7. The van der Waals surface area contributed by atoms with Crippen LogP contribution in [-0.2, 0) is 16.6 Å². The van der Waals surface area contributed by atoms with Crippen LogP contribution in [0.1, 0.15) is 46.6 Å². The predicted molar refractivity (Wildman–Crippen MR) is 137 cm³/mol. The highest BCUT2D eigenvalue weighted by Gasteiger charge is 2.40. The van der Waals surface area contributed by atoms with E-state index in [0.29, 0.717) is 22.4 Å². The van der Waals surface area contributed by atoms with Gasteiger partial charge in [0.2, 0.25) is 10.0 Å². The smallest absolute Gasteiger partial charge is 0.271 e. The molecule has 0 saturated carbocycles. The second-order valence-corrected chi connectivity index (χ2v) is 11.1. The number of aliphatic hydroxyl groups excluding tert-OH is 1. The average molecular weight is 505 g/mol. The Morgan fingerprint density at radius 2 is 1.83 bits per heavy atom. The third-order valence-electron chi connectivity index (χ3n) is 6.38. The fourth-order valence-corrected chi connectivity index (χ4v) is 5.81. The quantitative estimate of drug-likeness (QED) is 0.526. The number of benzene rings is 2. The number of carbonyl (C=O) groups excluding carboxylic acids is 1. The molecule has 1 atom stereocenters. The first-order valence-electron chi connectivity index (χ1n) is 11.7. The van der Waals surface area contributed by atoms with Crippen LogP contribution in [-0.4, -0.2) is 60.1 Å². The van der Waals surface area contributed by atoms with Crippen molar-refractivity contribution in [2.75, 3.05) is 26.5 Å². The SMILES string of the molecule is CCS(=O)(=O)N1Cc2cc(C(=O)N(C)C)nc(-c3cccc(-c4ccc(C#N)cc4)c3)c2[C@@H]1CCO. The van der Waals surface area contributed by atoms with E-state index in [-0.39, 0.29) is 36.9 Å². The summed E-state index contributed by atoms with van der Waals surface area (Å²) in [5, 5.41) is 18.9. The number of hydrogen-bond donors (Lipinski definition) is 1. The molecule has 186 valence electrons. The molecule has 1 amide bonds. The highest BCUT2D eigenvalue weighted by Crippen LogP contribution is 2.43. The predicted octanol–water partition coefficient (Wildman–Crippen LogP) is 3.58. The van der Waals surface area contributed by atoms with E-state index in [1.165, 1.54) is 9.21 Å². The summed E-state index contributed by atoms with van der Waals surface area (Å²) in [4.78, 5) is 19.1. The van der Waals surface area contributed by atoms with Crippen LogP contribution in [0.2, 0.25) is 0 Å². The van der Waals surface area contributed by atoms with Gasteiger partial charge in [-0.3, -0.25) is 4.79 Å². The molecule has 0 radical (unpaired) electrons. The highest BCUT2D eigenvalue weighted by atomic mass is 32.2. The van der Waals surface area contributed by atoms with Gasteiger partial charge in [-0.2, -0.15) is 9.57 Å². The molecule has 1 aliphatic rings. The number of pyridine rings is 1. The van der Waals surface area contributed by atoms with E-state index in [2.05, 4.69) is 6.07 Å². The molecule has 3 aromatic rings. The number of aliphatic hydroxyl groups is 1. The Morgan fingerprint density at radius 1 is 1.14 bits per heavy atom. The number of nitriles is 1. The molecule has 0 saturated heterocycles. The summed E-state index contributed by atoms with van der Waals surface area (Å²) < 4.78 is 27.3. The molecule has 4 rings (SSSR count). The Balaban J connectivity index is 1.92. The van der Waals surface area contributed by atoms with Gasteiger partial charge in [0.15, 0.2) is 0 Å². The van der Waals surface area contributed by atoms with E-state index < -0.39 is 16.1 Å². The second-order valence-electron chi connectivity index (χ2n) is 8.87. The van der Waals surface area contributed by atoms with Crippen LogP contribution in [0.4, 0.5) is 0 Å². The Hall–Kier alpha value is -3.58. The third-order valence-corrected chi connectivity index (χ3v) is 8.21. The fraction of sp³-hybridized carbons (Fsp3) is 0.296. The van der Waals surface area contributed by atoms with Crippen LogP contribution in [0.5, 0.6) is 0 Å². The molecule has 1 aromatic heterocycles. The Labute approximate surface area is 211 Å². The molecular weight excluding hydrogens is 476 g/mol. The van der Waals surface area contributed by atoms with Gasteiger partial charge in [-0.15, -0.1) is 0 Å². The lowest BCUT2D eigenvalue weighted by Gasteiger charge is -2.24. The lowest BCUT2D eigenvalue weighted by molar-refractivity contribution is 0.0822. The molecule has 9 heteroatoms. The molecule has 1 aliphatic heterocycles.